The van der Waals surface area contributed by atoms with E-state index in [0.29, 0.717) is 0 Å². The zero-order chi connectivity index (χ0) is 13.5. The van der Waals surface area contributed by atoms with Crippen LogP contribution in [0.15, 0.2) is 22.7 Å². The average Bonchev–Trinajstić information content (AvgIpc) is 2.63. The molecule has 0 atom stereocenters. The van der Waals surface area contributed by atoms with E-state index in [0.717, 1.165) is 25.6 Å². The summed E-state index contributed by atoms with van der Waals surface area (Å²) in [6.45, 7) is 7.61. The first-order valence-electron chi connectivity index (χ1n) is 5.76. The third-order valence-electron chi connectivity index (χ3n) is 2.78. The number of halogens is 1. The Morgan fingerprint density at radius 1 is 1.28 bits per heavy atom. The molecule has 4 heteroatoms. The van der Waals surface area contributed by atoms with Crippen LogP contribution in [0.1, 0.15) is 30.0 Å². The van der Waals surface area contributed by atoms with Gasteiger partial charge in [-0.05, 0) is 45.4 Å². The zero-order valence-electron chi connectivity index (χ0n) is 10.9. The summed E-state index contributed by atoms with van der Waals surface area (Å²) in [5.74, 6) is 0. The van der Waals surface area contributed by atoms with Crippen LogP contribution in [0.5, 0.6) is 0 Å². The summed E-state index contributed by atoms with van der Waals surface area (Å²) in [5.41, 5.74) is 2.38. The number of benzene rings is 1. The molecule has 0 amide bonds. The Morgan fingerprint density at radius 3 is 2.50 bits per heavy atom. The van der Waals surface area contributed by atoms with Gasteiger partial charge in [0, 0.05) is 10.0 Å². The first-order valence-corrected chi connectivity index (χ1v) is 7.37. The summed E-state index contributed by atoms with van der Waals surface area (Å²) in [7, 11) is 0. The highest BCUT2D eigenvalue weighted by molar-refractivity contribution is 9.10. The van der Waals surface area contributed by atoms with Crippen molar-refractivity contribution in [2.75, 3.05) is 0 Å². The van der Waals surface area contributed by atoms with Gasteiger partial charge in [-0.15, -0.1) is 11.3 Å². The van der Waals surface area contributed by atoms with Crippen molar-refractivity contribution in [3.05, 3.63) is 38.8 Å². The largest absolute Gasteiger partial charge is 0.385 e. The van der Waals surface area contributed by atoms with Crippen LogP contribution in [0.3, 0.4) is 0 Å². The molecule has 0 bridgehead atoms. The highest BCUT2D eigenvalue weighted by Crippen LogP contribution is 2.36. The van der Waals surface area contributed by atoms with E-state index in [1.807, 2.05) is 13.0 Å². The van der Waals surface area contributed by atoms with Crippen LogP contribution in [0.4, 0.5) is 0 Å². The molecule has 0 aliphatic rings. The molecule has 18 heavy (non-hydrogen) atoms. The highest BCUT2D eigenvalue weighted by Gasteiger charge is 2.23. The molecule has 2 nitrogen and oxygen atoms in total. The fourth-order valence-electron chi connectivity index (χ4n) is 1.90. The third kappa shape index (κ3) is 2.66. The van der Waals surface area contributed by atoms with E-state index in [-0.39, 0.29) is 0 Å². The van der Waals surface area contributed by atoms with Crippen LogP contribution in [-0.2, 0) is 5.60 Å². The highest BCUT2D eigenvalue weighted by atomic mass is 79.9. The van der Waals surface area contributed by atoms with Gasteiger partial charge in [0.15, 0.2) is 0 Å². The number of aryl methyl sites for hydroxylation is 2. The van der Waals surface area contributed by atoms with Gasteiger partial charge in [-0.3, -0.25) is 0 Å². The predicted molar refractivity (Wildman–Crippen MR) is 80.0 cm³/mol. The van der Waals surface area contributed by atoms with Gasteiger partial charge in [0.25, 0.3) is 0 Å². The van der Waals surface area contributed by atoms with Crippen molar-refractivity contribution in [2.24, 2.45) is 0 Å². The molecule has 0 spiro atoms. The predicted octanol–water partition coefficient (Wildman–Crippen LogP) is 4.42. The smallest absolute Gasteiger partial charge is 0.124 e. The van der Waals surface area contributed by atoms with Crippen LogP contribution >= 0.6 is 27.3 Å². The maximum Gasteiger partial charge on any atom is 0.124 e. The number of rotatable bonds is 2. The lowest BCUT2D eigenvalue weighted by Gasteiger charge is -2.15. The number of aromatic nitrogens is 1. The Hall–Kier alpha value is -0.710. The number of aliphatic hydroxyl groups is 1. The summed E-state index contributed by atoms with van der Waals surface area (Å²) >= 11 is 5.05. The quantitative estimate of drug-likeness (QED) is 0.886. The Labute approximate surface area is 120 Å². The number of nitrogens with zero attached hydrogens (tertiary/aromatic N) is 1. The molecule has 1 aromatic carbocycles. The topological polar surface area (TPSA) is 33.1 Å². The Bertz CT molecular complexity index is 584. The molecule has 1 N–H and O–H groups in total. The van der Waals surface area contributed by atoms with Crippen molar-refractivity contribution in [1.29, 1.82) is 0 Å². The number of hydrogen-bond acceptors (Lipinski definition) is 3. The normalized spacial score (nSPS) is 11.9. The van der Waals surface area contributed by atoms with Crippen LogP contribution < -0.4 is 0 Å². The van der Waals surface area contributed by atoms with E-state index in [9.17, 15) is 5.11 Å². The average molecular weight is 326 g/mol. The van der Waals surface area contributed by atoms with E-state index < -0.39 is 5.60 Å². The van der Waals surface area contributed by atoms with Gasteiger partial charge in [0.1, 0.15) is 5.01 Å². The second kappa shape index (κ2) is 4.76. The molecule has 0 aliphatic carbocycles. The van der Waals surface area contributed by atoms with E-state index in [1.54, 1.807) is 25.2 Å². The maximum absolute atomic E-state index is 10.1. The molecule has 0 aliphatic heterocycles. The van der Waals surface area contributed by atoms with Crippen molar-refractivity contribution >= 4 is 27.3 Å². The van der Waals surface area contributed by atoms with Gasteiger partial charge in [-0.25, -0.2) is 4.98 Å². The standard InChI is InChI=1S/C14H16BrNOS/c1-8-5-6-10(15)7-11(8)13-16-9(2)12(18-13)14(3,4)17/h5-7,17H,1-4H3. The molecular formula is C14H16BrNOS. The van der Waals surface area contributed by atoms with E-state index in [4.69, 9.17) is 0 Å². The van der Waals surface area contributed by atoms with Crippen molar-refractivity contribution in [3.63, 3.8) is 0 Å². The van der Waals surface area contributed by atoms with Gasteiger partial charge in [-0.2, -0.15) is 0 Å². The lowest BCUT2D eigenvalue weighted by atomic mass is 10.1. The van der Waals surface area contributed by atoms with Crippen molar-refractivity contribution in [1.82, 2.24) is 4.98 Å². The van der Waals surface area contributed by atoms with Crippen LogP contribution in [0, 0.1) is 13.8 Å². The summed E-state index contributed by atoms with van der Waals surface area (Å²) in [6.07, 6.45) is 0. The monoisotopic (exact) mass is 325 g/mol. The van der Waals surface area contributed by atoms with Gasteiger partial charge in [0.2, 0.25) is 0 Å². The first kappa shape index (κ1) is 13.7. The van der Waals surface area contributed by atoms with Gasteiger partial charge in [-0.1, -0.05) is 22.0 Å². The zero-order valence-corrected chi connectivity index (χ0v) is 13.3. The molecule has 0 unspecified atom stereocenters. The molecule has 1 heterocycles. The molecule has 0 radical (unpaired) electrons. The molecule has 0 fully saturated rings. The summed E-state index contributed by atoms with van der Waals surface area (Å²) in [4.78, 5) is 5.51. The van der Waals surface area contributed by atoms with Crippen LogP contribution in [-0.4, -0.2) is 10.1 Å². The minimum absolute atomic E-state index is 0.833. The lowest BCUT2D eigenvalue weighted by Crippen LogP contribution is -2.14. The van der Waals surface area contributed by atoms with Crippen molar-refractivity contribution in [3.8, 4) is 10.6 Å². The number of thiazole rings is 1. The maximum atomic E-state index is 10.1. The fourth-order valence-corrected chi connectivity index (χ4v) is 3.41. The molecule has 0 saturated carbocycles. The first-order chi connectivity index (χ1) is 8.29. The summed E-state index contributed by atoms with van der Waals surface area (Å²) < 4.78 is 1.04. The van der Waals surface area contributed by atoms with Crippen LogP contribution in [0.25, 0.3) is 10.6 Å². The fraction of sp³-hybridized carbons (Fsp3) is 0.357. The van der Waals surface area contributed by atoms with Gasteiger partial charge >= 0.3 is 0 Å². The molecule has 2 rings (SSSR count). The van der Waals surface area contributed by atoms with E-state index in [2.05, 4.69) is 40.0 Å². The Balaban J connectivity index is 2.56. The summed E-state index contributed by atoms with van der Waals surface area (Å²) in [6, 6.07) is 6.16. The van der Waals surface area contributed by atoms with Crippen molar-refractivity contribution in [2.45, 2.75) is 33.3 Å². The Kier molecular flexibility index (Phi) is 3.63. The lowest BCUT2D eigenvalue weighted by molar-refractivity contribution is 0.0817. The summed E-state index contributed by atoms with van der Waals surface area (Å²) in [5, 5.41) is 11.1. The SMILES string of the molecule is Cc1ccc(Br)cc1-c1nc(C)c(C(C)(C)O)s1. The van der Waals surface area contributed by atoms with Crippen molar-refractivity contribution < 1.29 is 5.11 Å². The van der Waals surface area contributed by atoms with E-state index >= 15 is 0 Å². The van der Waals surface area contributed by atoms with E-state index in [1.165, 1.54) is 5.56 Å². The molecular weight excluding hydrogens is 310 g/mol. The number of hydrogen-bond donors (Lipinski definition) is 1. The van der Waals surface area contributed by atoms with Gasteiger partial charge in [0.05, 0.1) is 16.2 Å². The second-order valence-electron chi connectivity index (χ2n) is 4.95. The molecule has 2 aromatic rings. The third-order valence-corrected chi connectivity index (χ3v) is 4.78. The van der Waals surface area contributed by atoms with Gasteiger partial charge < -0.3 is 5.11 Å². The molecule has 96 valence electrons. The van der Waals surface area contributed by atoms with Crippen LogP contribution in [0.2, 0.25) is 0 Å². The molecule has 1 aromatic heterocycles. The molecule has 0 saturated heterocycles. The second-order valence-corrected chi connectivity index (χ2v) is 6.87. The minimum Gasteiger partial charge on any atom is -0.385 e. The Morgan fingerprint density at radius 2 is 1.94 bits per heavy atom. The minimum atomic E-state index is -0.833.